The van der Waals surface area contributed by atoms with Gasteiger partial charge in [-0.05, 0) is 54.7 Å². The number of nitrogens with one attached hydrogen (secondary N) is 1. The van der Waals surface area contributed by atoms with E-state index in [9.17, 15) is 14.4 Å². The van der Waals surface area contributed by atoms with Crippen LogP contribution < -0.4 is 10.9 Å². The van der Waals surface area contributed by atoms with Crippen molar-refractivity contribution in [3.63, 3.8) is 0 Å². The molecule has 1 fully saturated rings. The monoisotopic (exact) mass is 436 g/mol. The van der Waals surface area contributed by atoms with E-state index in [1.165, 1.54) is 22.2 Å². The summed E-state index contributed by atoms with van der Waals surface area (Å²) < 4.78 is 1.95. The van der Waals surface area contributed by atoms with Gasteiger partial charge < -0.3 is 10.2 Å². The summed E-state index contributed by atoms with van der Waals surface area (Å²) in [7, 11) is 0. The van der Waals surface area contributed by atoms with Gasteiger partial charge in [0.05, 0.1) is 11.8 Å². The molecule has 0 spiro atoms. The summed E-state index contributed by atoms with van der Waals surface area (Å²) in [6, 6.07) is 9.74. The van der Waals surface area contributed by atoms with Gasteiger partial charge in [0.15, 0.2) is 0 Å². The molecule has 2 aromatic heterocycles. The number of hydrogen-bond donors (Lipinski definition) is 1. The van der Waals surface area contributed by atoms with Crippen LogP contribution in [0.15, 0.2) is 46.8 Å². The number of hydrogen-bond acceptors (Lipinski definition) is 5. The summed E-state index contributed by atoms with van der Waals surface area (Å²) in [5.74, 6) is 0.431. The highest BCUT2D eigenvalue weighted by Crippen LogP contribution is 2.29. The van der Waals surface area contributed by atoms with Crippen molar-refractivity contribution in [1.82, 2.24) is 19.8 Å². The van der Waals surface area contributed by atoms with Gasteiger partial charge in [-0.25, -0.2) is 4.98 Å². The summed E-state index contributed by atoms with van der Waals surface area (Å²) in [4.78, 5) is 43.7. The van der Waals surface area contributed by atoms with E-state index in [-0.39, 0.29) is 30.0 Å². The van der Waals surface area contributed by atoms with E-state index in [1.807, 2.05) is 34.5 Å². The second kappa shape index (κ2) is 8.26. The Morgan fingerprint density at radius 3 is 2.74 bits per heavy atom. The minimum absolute atomic E-state index is 0.0137. The standard InChI is InChI=1S/C23H24N4O3S/c28-20(13-27-14-24-19-9-10-31-21(19)23(27)30)25-17-7-5-15(6-8-17)11-26-12-16-3-1-2-4-18(16)22(26)29/h1-4,9-10,14-15,17H,5-8,11-13H2,(H,25,28). The molecule has 1 aromatic carbocycles. The van der Waals surface area contributed by atoms with E-state index in [1.54, 1.807) is 6.07 Å². The maximum Gasteiger partial charge on any atom is 0.271 e. The second-order valence-electron chi connectivity index (χ2n) is 8.44. The van der Waals surface area contributed by atoms with Gasteiger partial charge in [0.25, 0.3) is 11.5 Å². The largest absolute Gasteiger partial charge is 0.352 e. The number of carbonyl (C=O) groups excluding carboxylic acids is 2. The fourth-order valence-electron chi connectivity index (χ4n) is 4.68. The zero-order valence-corrected chi connectivity index (χ0v) is 17.9. The van der Waals surface area contributed by atoms with Crippen LogP contribution >= 0.6 is 11.3 Å². The van der Waals surface area contributed by atoms with Gasteiger partial charge in [-0.1, -0.05) is 18.2 Å². The minimum atomic E-state index is -0.171. The number of rotatable bonds is 5. The van der Waals surface area contributed by atoms with Crippen LogP contribution in [0.5, 0.6) is 0 Å². The first-order valence-corrected chi connectivity index (χ1v) is 11.6. The maximum atomic E-state index is 12.6. The van der Waals surface area contributed by atoms with Crippen molar-refractivity contribution < 1.29 is 9.59 Å². The Balaban J connectivity index is 1.12. The van der Waals surface area contributed by atoms with Crippen molar-refractivity contribution in [1.29, 1.82) is 0 Å². The molecule has 160 valence electrons. The quantitative estimate of drug-likeness (QED) is 0.667. The molecule has 31 heavy (non-hydrogen) atoms. The predicted molar refractivity (Wildman–Crippen MR) is 119 cm³/mol. The smallest absolute Gasteiger partial charge is 0.271 e. The van der Waals surface area contributed by atoms with Crippen LogP contribution in [-0.2, 0) is 17.9 Å². The summed E-state index contributed by atoms with van der Waals surface area (Å²) >= 11 is 1.34. The van der Waals surface area contributed by atoms with Gasteiger partial charge >= 0.3 is 0 Å². The predicted octanol–water partition coefficient (Wildman–Crippen LogP) is 2.79. The molecule has 2 amide bonds. The highest BCUT2D eigenvalue weighted by Gasteiger charge is 2.30. The van der Waals surface area contributed by atoms with Crippen LogP contribution in [-0.4, -0.2) is 38.9 Å². The number of aromatic nitrogens is 2. The first kappa shape index (κ1) is 19.9. The van der Waals surface area contributed by atoms with Crippen molar-refractivity contribution in [2.75, 3.05) is 6.54 Å². The molecule has 0 atom stereocenters. The molecule has 3 aromatic rings. The van der Waals surface area contributed by atoms with E-state index in [2.05, 4.69) is 10.3 Å². The molecule has 1 N–H and O–H groups in total. The van der Waals surface area contributed by atoms with Crippen molar-refractivity contribution in [3.8, 4) is 0 Å². The minimum Gasteiger partial charge on any atom is -0.352 e. The summed E-state index contributed by atoms with van der Waals surface area (Å²) in [6.07, 6.45) is 5.19. The molecule has 5 rings (SSSR count). The Hall–Kier alpha value is -3.00. The topological polar surface area (TPSA) is 84.3 Å². The second-order valence-corrected chi connectivity index (χ2v) is 9.36. The molecule has 1 aliphatic heterocycles. The lowest BCUT2D eigenvalue weighted by Crippen LogP contribution is -2.42. The molecule has 0 radical (unpaired) electrons. The number of fused-ring (bicyclic) bond motifs is 2. The Bertz CT molecular complexity index is 1190. The van der Waals surface area contributed by atoms with E-state index in [0.717, 1.165) is 43.4 Å². The third-order valence-electron chi connectivity index (χ3n) is 6.34. The average Bonchev–Trinajstić information content (AvgIpc) is 3.37. The fraction of sp³-hybridized carbons (Fsp3) is 0.391. The van der Waals surface area contributed by atoms with Crippen LogP contribution in [0.4, 0.5) is 0 Å². The van der Waals surface area contributed by atoms with E-state index in [0.29, 0.717) is 22.7 Å². The Labute approximate surface area is 183 Å². The van der Waals surface area contributed by atoms with Crippen LogP contribution in [0.3, 0.4) is 0 Å². The number of benzene rings is 1. The van der Waals surface area contributed by atoms with Gasteiger partial charge in [-0.15, -0.1) is 11.3 Å². The van der Waals surface area contributed by atoms with E-state index in [4.69, 9.17) is 0 Å². The Kier molecular flexibility index (Phi) is 5.31. The summed E-state index contributed by atoms with van der Waals surface area (Å²) in [5, 5.41) is 4.90. The number of carbonyl (C=O) groups is 2. The van der Waals surface area contributed by atoms with Gasteiger partial charge in [0.2, 0.25) is 5.91 Å². The third-order valence-corrected chi connectivity index (χ3v) is 7.23. The lowest BCUT2D eigenvalue weighted by atomic mass is 9.85. The fourth-order valence-corrected chi connectivity index (χ4v) is 5.48. The molecule has 8 heteroatoms. The maximum absolute atomic E-state index is 12.6. The molecule has 3 heterocycles. The molecule has 1 aliphatic carbocycles. The SMILES string of the molecule is O=C(Cn1cnc2ccsc2c1=O)NC1CCC(CN2Cc3ccccc3C2=O)CC1. The third kappa shape index (κ3) is 3.99. The van der Waals surface area contributed by atoms with Crippen LogP contribution in [0, 0.1) is 5.92 Å². The number of amides is 2. The lowest BCUT2D eigenvalue weighted by molar-refractivity contribution is -0.122. The van der Waals surface area contributed by atoms with Gasteiger partial charge in [0, 0.05) is 24.7 Å². The molecule has 0 unspecified atom stereocenters. The zero-order valence-electron chi connectivity index (χ0n) is 17.1. The van der Waals surface area contributed by atoms with Crippen molar-refractivity contribution in [2.45, 2.75) is 44.8 Å². The van der Waals surface area contributed by atoms with Gasteiger partial charge in [-0.2, -0.15) is 0 Å². The van der Waals surface area contributed by atoms with E-state index < -0.39 is 0 Å². The molecule has 0 bridgehead atoms. The molecule has 2 aliphatic rings. The van der Waals surface area contributed by atoms with Crippen molar-refractivity contribution in [3.05, 3.63) is 63.5 Å². The summed E-state index contributed by atoms with van der Waals surface area (Å²) in [6.45, 7) is 1.46. The number of thiophene rings is 1. The number of nitrogens with zero attached hydrogens (tertiary/aromatic N) is 3. The lowest BCUT2D eigenvalue weighted by Gasteiger charge is -2.31. The summed E-state index contributed by atoms with van der Waals surface area (Å²) in [5.41, 5.74) is 2.44. The normalized spacial score (nSPS) is 20.8. The zero-order chi connectivity index (χ0) is 21.4. The van der Waals surface area contributed by atoms with Crippen molar-refractivity contribution >= 4 is 33.4 Å². The molecular formula is C23H24N4O3S. The highest BCUT2D eigenvalue weighted by atomic mass is 32.1. The van der Waals surface area contributed by atoms with Crippen LogP contribution in [0.25, 0.3) is 10.2 Å². The van der Waals surface area contributed by atoms with Gasteiger partial charge in [-0.3, -0.25) is 19.0 Å². The van der Waals surface area contributed by atoms with Crippen molar-refractivity contribution in [2.24, 2.45) is 5.92 Å². The first-order chi connectivity index (χ1) is 15.1. The van der Waals surface area contributed by atoms with Crippen LogP contribution in [0.1, 0.15) is 41.6 Å². The van der Waals surface area contributed by atoms with Gasteiger partial charge in [0.1, 0.15) is 11.2 Å². The van der Waals surface area contributed by atoms with E-state index >= 15 is 0 Å². The molecule has 7 nitrogen and oxygen atoms in total. The van der Waals surface area contributed by atoms with Crippen LogP contribution in [0.2, 0.25) is 0 Å². The molecule has 0 saturated heterocycles. The Morgan fingerprint density at radius 1 is 1.13 bits per heavy atom. The highest BCUT2D eigenvalue weighted by molar-refractivity contribution is 7.17. The molecular weight excluding hydrogens is 412 g/mol. The first-order valence-electron chi connectivity index (χ1n) is 10.7. The molecule has 1 saturated carbocycles. The Morgan fingerprint density at radius 2 is 1.94 bits per heavy atom. The average molecular weight is 437 g/mol.